The summed E-state index contributed by atoms with van der Waals surface area (Å²) >= 11 is 0. The average molecular weight is 322 g/mol. The minimum absolute atomic E-state index is 0.256. The molecule has 1 heterocycles. The summed E-state index contributed by atoms with van der Waals surface area (Å²) in [5, 5.41) is 0. The van der Waals surface area contributed by atoms with Gasteiger partial charge in [-0.1, -0.05) is 36.4 Å². The van der Waals surface area contributed by atoms with E-state index in [1.165, 1.54) is 11.1 Å². The maximum absolute atomic E-state index is 6.15. The normalized spacial score (nSPS) is 12.6. The highest BCUT2D eigenvalue weighted by Crippen LogP contribution is 2.25. The Labute approximate surface area is 143 Å². The van der Waals surface area contributed by atoms with Crippen LogP contribution in [-0.2, 0) is 6.42 Å². The van der Waals surface area contributed by atoms with Gasteiger partial charge in [0.2, 0.25) is 0 Å². The van der Waals surface area contributed by atoms with Crippen LogP contribution in [0.25, 0.3) is 22.4 Å². The van der Waals surface area contributed by atoms with Gasteiger partial charge in [0.25, 0.3) is 0 Å². The van der Waals surface area contributed by atoms with E-state index in [2.05, 4.69) is 35.3 Å². The van der Waals surface area contributed by atoms with Crippen molar-refractivity contribution in [1.82, 2.24) is 9.97 Å². The Morgan fingerprint density at radius 1 is 0.958 bits per heavy atom. The van der Waals surface area contributed by atoms with Crippen molar-refractivity contribution in [2.24, 2.45) is 11.5 Å². The number of H-pyrrole nitrogens is 1. The van der Waals surface area contributed by atoms with E-state index < -0.39 is 0 Å². The van der Waals surface area contributed by atoms with Crippen LogP contribution in [0.5, 0.6) is 0 Å². The molecule has 2 aromatic carbocycles. The zero-order valence-corrected chi connectivity index (χ0v) is 14.0. The molecule has 1 unspecified atom stereocenters. The molecule has 0 aliphatic carbocycles. The number of hydrogen-bond donors (Lipinski definition) is 3. The summed E-state index contributed by atoms with van der Waals surface area (Å²) in [5.41, 5.74) is 16.3. The molecular formula is C20H26N4. The Kier molecular flexibility index (Phi) is 5.62. The number of imidazole rings is 1. The number of rotatable bonds is 8. The molecule has 1 aromatic heterocycles. The second-order valence-electron chi connectivity index (χ2n) is 6.34. The first-order valence-electron chi connectivity index (χ1n) is 8.76. The molecule has 0 amide bonds. The fourth-order valence-electron chi connectivity index (χ4n) is 3.13. The summed E-state index contributed by atoms with van der Waals surface area (Å²) in [7, 11) is 0. The Bertz CT molecular complexity index is 745. The van der Waals surface area contributed by atoms with Crippen LogP contribution < -0.4 is 11.5 Å². The third-order valence-corrected chi connectivity index (χ3v) is 4.46. The molecule has 0 saturated heterocycles. The van der Waals surface area contributed by atoms with E-state index in [4.69, 9.17) is 16.5 Å². The number of hydrogen-bond acceptors (Lipinski definition) is 3. The quantitative estimate of drug-likeness (QED) is 0.592. The van der Waals surface area contributed by atoms with Crippen molar-refractivity contribution in [1.29, 1.82) is 0 Å². The molecule has 3 rings (SSSR count). The highest BCUT2D eigenvalue weighted by molar-refractivity contribution is 5.79. The summed E-state index contributed by atoms with van der Waals surface area (Å²) < 4.78 is 0. The molecule has 24 heavy (non-hydrogen) atoms. The van der Waals surface area contributed by atoms with Crippen molar-refractivity contribution in [2.75, 3.05) is 6.54 Å². The lowest BCUT2D eigenvalue weighted by Gasteiger charge is -2.12. The van der Waals surface area contributed by atoms with Gasteiger partial charge in [0.1, 0.15) is 5.82 Å². The number of nitrogens with one attached hydrogen (secondary N) is 1. The number of aryl methyl sites for hydroxylation is 1. The Morgan fingerprint density at radius 2 is 1.71 bits per heavy atom. The van der Waals surface area contributed by atoms with Gasteiger partial charge in [-0.3, -0.25) is 0 Å². The van der Waals surface area contributed by atoms with Gasteiger partial charge < -0.3 is 16.5 Å². The molecular weight excluding hydrogens is 296 g/mol. The molecule has 0 aliphatic heterocycles. The van der Waals surface area contributed by atoms with Crippen LogP contribution in [0.2, 0.25) is 0 Å². The van der Waals surface area contributed by atoms with Crippen molar-refractivity contribution in [2.45, 2.75) is 38.1 Å². The smallest absolute Gasteiger partial charge is 0.138 e. The molecule has 3 aromatic rings. The molecule has 0 bridgehead atoms. The summed E-state index contributed by atoms with van der Waals surface area (Å²) in [6.45, 7) is 0.725. The molecule has 5 N–H and O–H groups in total. The summed E-state index contributed by atoms with van der Waals surface area (Å²) in [6.07, 6.45) is 5.17. The number of aromatic nitrogens is 2. The lowest BCUT2D eigenvalue weighted by Crippen LogP contribution is -2.21. The van der Waals surface area contributed by atoms with Gasteiger partial charge >= 0.3 is 0 Å². The largest absolute Gasteiger partial charge is 0.338 e. The van der Waals surface area contributed by atoms with Crippen molar-refractivity contribution in [3.8, 4) is 11.4 Å². The second-order valence-corrected chi connectivity index (χ2v) is 6.34. The van der Waals surface area contributed by atoms with Crippen LogP contribution in [0.3, 0.4) is 0 Å². The SMILES string of the molecule is NCCCC(N)CCCc1ccccc1-c1nc2ccccc2[nH]1. The molecule has 0 saturated carbocycles. The molecule has 4 nitrogen and oxygen atoms in total. The second kappa shape index (κ2) is 8.08. The van der Waals surface area contributed by atoms with E-state index >= 15 is 0 Å². The van der Waals surface area contributed by atoms with Crippen molar-refractivity contribution in [3.05, 3.63) is 54.1 Å². The lowest BCUT2D eigenvalue weighted by molar-refractivity contribution is 0.531. The van der Waals surface area contributed by atoms with Crippen LogP contribution in [0, 0.1) is 0 Å². The molecule has 0 fully saturated rings. The molecule has 1 atom stereocenters. The van der Waals surface area contributed by atoms with E-state index in [9.17, 15) is 0 Å². The fourth-order valence-corrected chi connectivity index (χ4v) is 3.13. The Balaban J connectivity index is 1.71. The van der Waals surface area contributed by atoms with Crippen LogP contribution >= 0.6 is 0 Å². The van der Waals surface area contributed by atoms with Gasteiger partial charge in [-0.2, -0.15) is 0 Å². The average Bonchev–Trinajstić information content (AvgIpc) is 3.04. The summed E-state index contributed by atoms with van der Waals surface area (Å²) in [6, 6.07) is 16.9. The highest BCUT2D eigenvalue weighted by Gasteiger charge is 2.10. The number of aromatic amines is 1. The maximum Gasteiger partial charge on any atom is 0.138 e. The minimum atomic E-state index is 0.256. The Morgan fingerprint density at radius 3 is 2.54 bits per heavy atom. The van der Waals surface area contributed by atoms with Gasteiger partial charge in [-0.15, -0.1) is 0 Å². The zero-order valence-electron chi connectivity index (χ0n) is 14.0. The van der Waals surface area contributed by atoms with Crippen molar-refractivity contribution >= 4 is 11.0 Å². The van der Waals surface area contributed by atoms with E-state index in [-0.39, 0.29) is 6.04 Å². The van der Waals surface area contributed by atoms with Gasteiger partial charge in [-0.05, 0) is 56.3 Å². The molecule has 126 valence electrons. The first-order valence-corrected chi connectivity index (χ1v) is 8.76. The minimum Gasteiger partial charge on any atom is -0.338 e. The Hall–Kier alpha value is -2.17. The number of para-hydroxylation sites is 2. The summed E-state index contributed by atoms with van der Waals surface area (Å²) in [5.74, 6) is 0.944. The van der Waals surface area contributed by atoms with Crippen molar-refractivity contribution in [3.63, 3.8) is 0 Å². The highest BCUT2D eigenvalue weighted by atomic mass is 14.9. The first kappa shape index (κ1) is 16.7. The van der Waals surface area contributed by atoms with Crippen LogP contribution in [0.15, 0.2) is 48.5 Å². The standard InChI is InChI=1S/C20H26N4/c21-14-6-10-16(22)9-5-8-15-7-1-2-11-17(15)20-23-18-12-3-4-13-19(18)24-20/h1-4,7,11-13,16H,5-6,8-10,14,21-22H2,(H,23,24). The van der Waals surface area contributed by atoms with E-state index in [0.717, 1.165) is 55.5 Å². The first-order chi connectivity index (χ1) is 11.8. The zero-order chi connectivity index (χ0) is 16.8. The number of nitrogens with zero attached hydrogens (tertiary/aromatic N) is 1. The monoisotopic (exact) mass is 322 g/mol. The van der Waals surface area contributed by atoms with Crippen molar-refractivity contribution < 1.29 is 0 Å². The predicted molar refractivity (Wildman–Crippen MR) is 101 cm³/mol. The van der Waals surface area contributed by atoms with Gasteiger partial charge in [0, 0.05) is 11.6 Å². The van der Waals surface area contributed by atoms with E-state index in [1.54, 1.807) is 0 Å². The van der Waals surface area contributed by atoms with E-state index in [0.29, 0.717) is 0 Å². The topological polar surface area (TPSA) is 80.7 Å². The van der Waals surface area contributed by atoms with Crippen LogP contribution in [0.4, 0.5) is 0 Å². The maximum atomic E-state index is 6.15. The van der Waals surface area contributed by atoms with Gasteiger partial charge in [0.05, 0.1) is 11.0 Å². The fraction of sp³-hybridized carbons (Fsp3) is 0.350. The van der Waals surface area contributed by atoms with Crippen LogP contribution in [0.1, 0.15) is 31.2 Å². The molecule has 4 heteroatoms. The number of fused-ring (bicyclic) bond motifs is 1. The predicted octanol–water partition coefficient (Wildman–Crippen LogP) is 3.62. The molecule has 0 spiro atoms. The third kappa shape index (κ3) is 4.02. The summed E-state index contributed by atoms with van der Waals surface area (Å²) in [4.78, 5) is 8.16. The van der Waals surface area contributed by atoms with Gasteiger partial charge in [-0.25, -0.2) is 4.98 Å². The van der Waals surface area contributed by atoms with Crippen LogP contribution in [-0.4, -0.2) is 22.6 Å². The van der Waals surface area contributed by atoms with Gasteiger partial charge in [0.15, 0.2) is 0 Å². The van der Waals surface area contributed by atoms with E-state index in [1.807, 2.05) is 18.2 Å². The molecule has 0 aliphatic rings. The lowest BCUT2D eigenvalue weighted by atomic mass is 9.98. The molecule has 0 radical (unpaired) electrons. The third-order valence-electron chi connectivity index (χ3n) is 4.46. The number of benzene rings is 2. The number of nitrogens with two attached hydrogens (primary N) is 2.